The number of hydrogen-bond donors (Lipinski definition) is 0. The Bertz CT molecular complexity index is 1190. The van der Waals surface area contributed by atoms with Crippen LogP contribution in [0, 0.1) is 0 Å². The van der Waals surface area contributed by atoms with Gasteiger partial charge in [-0.25, -0.2) is 0 Å². The second kappa shape index (κ2) is 13.1. The molecule has 4 aromatic carbocycles. The number of piperidine rings is 1. The van der Waals surface area contributed by atoms with Gasteiger partial charge in [-0.15, -0.1) is 12.4 Å². The predicted molar refractivity (Wildman–Crippen MR) is 161 cm³/mol. The maximum absolute atomic E-state index is 11.7. The van der Waals surface area contributed by atoms with Crippen LogP contribution in [-0.4, -0.2) is 37.1 Å². The first-order valence-electron chi connectivity index (χ1n) is 13.7. The first kappa shape index (κ1) is 28.6. The fourth-order valence-electron chi connectivity index (χ4n) is 6.18. The number of likely N-dealkylation sites (tertiary alicyclic amines) is 1. The van der Waals surface area contributed by atoms with Crippen LogP contribution in [0.5, 0.6) is 0 Å². The van der Waals surface area contributed by atoms with E-state index in [1.807, 2.05) is 0 Å². The van der Waals surface area contributed by atoms with Crippen LogP contribution in [0.15, 0.2) is 121 Å². The van der Waals surface area contributed by atoms with Gasteiger partial charge in [0.1, 0.15) is 6.61 Å². The van der Waals surface area contributed by atoms with Crippen molar-refractivity contribution in [1.29, 1.82) is 0 Å². The number of halogens is 1. The summed E-state index contributed by atoms with van der Waals surface area (Å²) in [4.78, 5) is 14.3. The van der Waals surface area contributed by atoms with Crippen molar-refractivity contribution in [2.75, 3.05) is 26.2 Å². The third-order valence-electron chi connectivity index (χ3n) is 8.35. The molecule has 0 N–H and O–H groups in total. The summed E-state index contributed by atoms with van der Waals surface area (Å²) >= 11 is 0. The molecule has 0 bridgehead atoms. The summed E-state index contributed by atoms with van der Waals surface area (Å²) in [6.45, 7) is 4.89. The smallest absolute Gasteiger partial charge is 0.302 e. The van der Waals surface area contributed by atoms with Crippen molar-refractivity contribution in [2.24, 2.45) is 0 Å². The average molecular weight is 540 g/mol. The molecule has 202 valence electrons. The first-order valence-corrected chi connectivity index (χ1v) is 13.7. The minimum Gasteiger partial charge on any atom is -0.465 e. The Kier molecular flexibility index (Phi) is 9.61. The summed E-state index contributed by atoms with van der Waals surface area (Å²) in [5, 5.41) is 0. The Morgan fingerprint density at radius 1 is 0.718 bits per heavy atom. The molecule has 0 radical (unpaired) electrons. The van der Waals surface area contributed by atoms with Gasteiger partial charge in [-0.05, 0) is 61.2 Å². The zero-order chi connectivity index (χ0) is 26.3. The Morgan fingerprint density at radius 3 is 1.54 bits per heavy atom. The Labute approximate surface area is 239 Å². The van der Waals surface area contributed by atoms with Gasteiger partial charge in [0.05, 0.1) is 0 Å². The number of ether oxygens (including phenoxy) is 1. The van der Waals surface area contributed by atoms with Gasteiger partial charge in [0.15, 0.2) is 0 Å². The van der Waals surface area contributed by atoms with Crippen LogP contribution in [0.3, 0.4) is 0 Å². The molecule has 0 amide bonds. The lowest BCUT2D eigenvalue weighted by Gasteiger charge is -2.43. The number of carbonyl (C=O) groups excluding carboxylic acids is 1. The monoisotopic (exact) mass is 539 g/mol. The van der Waals surface area contributed by atoms with Gasteiger partial charge in [0.25, 0.3) is 0 Å². The van der Waals surface area contributed by atoms with Crippen molar-refractivity contribution < 1.29 is 9.53 Å². The molecule has 0 aromatic heterocycles. The highest BCUT2D eigenvalue weighted by Crippen LogP contribution is 2.43. The summed E-state index contributed by atoms with van der Waals surface area (Å²) in [6, 6.07) is 43.5. The molecular formula is C35H38ClNO2. The third kappa shape index (κ3) is 6.27. The molecule has 5 rings (SSSR count). The van der Waals surface area contributed by atoms with E-state index in [4.69, 9.17) is 4.74 Å². The molecule has 1 aliphatic heterocycles. The van der Waals surface area contributed by atoms with Gasteiger partial charge in [0.2, 0.25) is 0 Å². The molecule has 4 aromatic rings. The van der Waals surface area contributed by atoms with E-state index in [1.165, 1.54) is 29.2 Å². The molecule has 4 heteroatoms. The molecule has 1 saturated heterocycles. The lowest BCUT2D eigenvalue weighted by molar-refractivity contribution is -0.143. The molecule has 0 atom stereocenters. The number of esters is 1. The van der Waals surface area contributed by atoms with Crippen molar-refractivity contribution in [3.8, 4) is 0 Å². The van der Waals surface area contributed by atoms with Crippen LogP contribution >= 0.6 is 12.4 Å². The van der Waals surface area contributed by atoms with Crippen molar-refractivity contribution >= 4 is 18.4 Å². The van der Waals surface area contributed by atoms with E-state index in [2.05, 4.69) is 126 Å². The fourth-order valence-corrected chi connectivity index (χ4v) is 6.18. The highest BCUT2D eigenvalue weighted by atomic mass is 35.5. The van der Waals surface area contributed by atoms with E-state index in [0.717, 1.165) is 38.9 Å². The minimum absolute atomic E-state index is 0. The summed E-state index contributed by atoms with van der Waals surface area (Å²) < 4.78 is 5.60. The first-order chi connectivity index (χ1) is 18.6. The van der Waals surface area contributed by atoms with Crippen molar-refractivity contribution in [1.82, 2.24) is 4.90 Å². The van der Waals surface area contributed by atoms with Crippen molar-refractivity contribution in [2.45, 2.75) is 37.0 Å². The number of benzene rings is 4. The summed E-state index contributed by atoms with van der Waals surface area (Å²) in [6.07, 6.45) is 2.92. The number of nitrogens with zero attached hydrogens (tertiary/aromatic N) is 1. The van der Waals surface area contributed by atoms with Gasteiger partial charge in [0, 0.05) is 17.8 Å². The highest BCUT2D eigenvalue weighted by Gasteiger charge is 2.40. The van der Waals surface area contributed by atoms with Gasteiger partial charge in [-0.2, -0.15) is 0 Å². The standard InChI is InChI=1S/C35H37NO2.ClH/c1-29(37)38-28-34(30-14-6-2-7-15-30)22-25-36(26-23-34)27-24-35(31-16-8-3-9-17-31,32-18-10-4-11-19-32)33-20-12-5-13-21-33;/h2-21H,22-28H2,1H3;1H. The predicted octanol–water partition coefficient (Wildman–Crippen LogP) is 7.43. The second-order valence-electron chi connectivity index (χ2n) is 10.5. The van der Waals surface area contributed by atoms with Gasteiger partial charge in [-0.3, -0.25) is 4.79 Å². The van der Waals surface area contributed by atoms with Crippen LogP contribution < -0.4 is 0 Å². The van der Waals surface area contributed by atoms with E-state index in [9.17, 15) is 4.79 Å². The molecule has 3 nitrogen and oxygen atoms in total. The second-order valence-corrected chi connectivity index (χ2v) is 10.5. The molecule has 0 unspecified atom stereocenters. The SMILES string of the molecule is CC(=O)OCC1(c2ccccc2)CCN(CCC(c2ccccc2)(c2ccccc2)c2ccccc2)CC1.Cl. The number of carbonyl (C=O) groups is 1. The Hall–Kier alpha value is -3.40. The van der Waals surface area contributed by atoms with Crippen LogP contribution in [0.25, 0.3) is 0 Å². The zero-order valence-corrected chi connectivity index (χ0v) is 23.5. The van der Waals surface area contributed by atoms with Crippen LogP contribution in [0.2, 0.25) is 0 Å². The van der Waals surface area contributed by atoms with E-state index in [0.29, 0.717) is 6.61 Å². The molecule has 39 heavy (non-hydrogen) atoms. The molecule has 1 heterocycles. The lowest BCUT2D eigenvalue weighted by Crippen LogP contribution is -2.47. The molecular weight excluding hydrogens is 502 g/mol. The topological polar surface area (TPSA) is 29.5 Å². The van der Waals surface area contributed by atoms with Crippen molar-refractivity contribution in [3.63, 3.8) is 0 Å². The van der Waals surface area contributed by atoms with Gasteiger partial charge >= 0.3 is 5.97 Å². The number of rotatable bonds is 9. The Morgan fingerprint density at radius 2 is 1.13 bits per heavy atom. The summed E-state index contributed by atoms with van der Waals surface area (Å²) in [5.74, 6) is -0.207. The van der Waals surface area contributed by atoms with E-state index >= 15 is 0 Å². The molecule has 1 aliphatic rings. The minimum atomic E-state index is -0.241. The zero-order valence-electron chi connectivity index (χ0n) is 22.7. The third-order valence-corrected chi connectivity index (χ3v) is 8.35. The van der Waals surface area contributed by atoms with Crippen LogP contribution in [0.1, 0.15) is 48.4 Å². The normalized spacial score (nSPS) is 15.2. The van der Waals surface area contributed by atoms with Crippen LogP contribution in [-0.2, 0) is 20.4 Å². The van der Waals surface area contributed by atoms with E-state index < -0.39 is 0 Å². The Balaban J connectivity index is 0.00000353. The lowest BCUT2D eigenvalue weighted by atomic mass is 9.67. The largest absolute Gasteiger partial charge is 0.465 e. The average Bonchev–Trinajstić information content (AvgIpc) is 2.99. The maximum atomic E-state index is 11.7. The van der Waals surface area contributed by atoms with E-state index in [-0.39, 0.29) is 29.2 Å². The molecule has 1 fully saturated rings. The van der Waals surface area contributed by atoms with Crippen LogP contribution in [0.4, 0.5) is 0 Å². The highest BCUT2D eigenvalue weighted by molar-refractivity contribution is 5.85. The molecule has 0 saturated carbocycles. The summed E-state index contributed by atoms with van der Waals surface area (Å²) in [5.41, 5.74) is 4.87. The fraction of sp³-hybridized carbons (Fsp3) is 0.286. The quantitative estimate of drug-likeness (QED) is 0.164. The summed E-state index contributed by atoms with van der Waals surface area (Å²) in [7, 11) is 0. The van der Waals surface area contributed by atoms with Gasteiger partial charge in [-0.1, -0.05) is 121 Å². The number of hydrogen-bond acceptors (Lipinski definition) is 3. The van der Waals surface area contributed by atoms with E-state index in [1.54, 1.807) is 0 Å². The van der Waals surface area contributed by atoms with Crippen molar-refractivity contribution in [3.05, 3.63) is 144 Å². The molecule has 0 aliphatic carbocycles. The molecule has 0 spiro atoms. The maximum Gasteiger partial charge on any atom is 0.302 e. The van der Waals surface area contributed by atoms with Gasteiger partial charge < -0.3 is 9.64 Å².